The number of carbonyl (C=O) groups is 1. The van der Waals surface area contributed by atoms with Crippen LogP contribution < -0.4 is 0 Å². The first kappa shape index (κ1) is 10.9. The van der Waals surface area contributed by atoms with E-state index in [0.717, 1.165) is 44.9 Å². The van der Waals surface area contributed by atoms with E-state index in [-0.39, 0.29) is 18.0 Å². The minimum absolute atomic E-state index is 0.0402. The van der Waals surface area contributed by atoms with Crippen LogP contribution >= 0.6 is 0 Å². The van der Waals surface area contributed by atoms with Crippen LogP contribution in [0.25, 0.3) is 0 Å². The minimum Gasteiger partial charge on any atom is -0.462 e. The van der Waals surface area contributed by atoms with Gasteiger partial charge in [-0.05, 0) is 32.1 Å². The number of hydrogen-bond donors (Lipinski definition) is 1. The molecule has 0 aromatic rings. The van der Waals surface area contributed by atoms with E-state index >= 15 is 0 Å². The maximum absolute atomic E-state index is 11.0. The zero-order chi connectivity index (χ0) is 10.9. The van der Waals surface area contributed by atoms with E-state index in [0.29, 0.717) is 0 Å². The molecular weight excluding hydrogens is 192 g/mol. The highest BCUT2D eigenvalue weighted by atomic mass is 16.5. The molecule has 0 unspecified atom stereocenters. The normalized spacial score (nSPS) is 40.7. The number of ether oxygens (including phenoxy) is 1. The molecule has 0 radical (unpaired) electrons. The molecular formula is C12H20O3. The molecule has 15 heavy (non-hydrogen) atoms. The lowest BCUT2D eigenvalue weighted by Crippen LogP contribution is -2.50. The summed E-state index contributed by atoms with van der Waals surface area (Å²) in [6.07, 6.45) is 6.91. The first-order chi connectivity index (χ1) is 7.12. The molecule has 3 nitrogen and oxygen atoms in total. The van der Waals surface area contributed by atoms with Gasteiger partial charge in [-0.2, -0.15) is 0 Å². The van der Waals surface area contributed by atoms with Crippen molar-refractivity contribution in [2.45, 2.75) is 63.6 Å². The molecule has 3 atom stereocenters. The summed E-state index contributed by atoms with van der Waals surface area (Å²) in [5.41, 5.74) is -0.545. The fourth-order valence-electron chi connectivity index (χ4n) is 3.26. The van der Waals surface area contributed by atoms with Crippen LogP contribution in [0.4, 0.5) is 0 Å². The molecule has 3 heteroatoms. The summed E-state index contributed by atoms with van der Waals surface area (Å²) in [6, 6.07) is 0. The number of fused-ring (bicyclic) bond motifs is 1. The summed E-state index contributed by atoms with van der Waals surface area (Å²) in [4.78, 5) is 11.0. The smallest absolute Gasteiger partial charge is 0.302 e. The van der Waals surface area contributed by atoms with Crippen molar-refractivity contribution in [3.05, 3.63) is 0 Å². The molecule has 2 rings (SSSR count). The summed E-state index contributed by atoms with van der Waals surface area (Å²) in [5, 5.41) is 10.5. The molecule has 0 heterocycles. The maximum Gasteiger partial charge on any atom is 0.302 e. The second-order valence-electron chi connectivity index (χ2n) is 5.00. The van der Waals surface area contributed by atoms with E-state index < -0.39 is 5.60 Å². The third kappa shape index (κ3) is 2.17. The predicted octanol–water partition coefficient (Wildman–Crippen LogP) is 2.02. The number of rotatable bonds is 1. The van der Waals surface area contributed by atoms with Crippen LogP contribution in [-0.2, 0) is 9.53 Å². The Balaban J connectivity index is 2.08. The van der Waals surface area contributed by atoms with Crippen molar-refractivity contribution in [3.8, 4) is 0 Å². The number of esters is 1. The standard InChI is InChI=1S/C12H20O3/c1-9(13)15-11-6-4-8-12(14)7-3-2-5-10(11)12/h10-11,14H,2-8H2,1H3/t10-,11+,12-/m0/s1. The molecule has 2 saturated carbocycles. The molecule has 2 fully saturated rings. The second kappa shape index (κ2) is 4.12. The van der Waals surface area contributed by atoms with Gasteiger partial charge in [0.15, 0.2) is 0 Å². The fraction of sp³-hybridized carbons (Fsp3) is 0.917. The van der Waals surface area contributed by atoms with Gasteiger partial charge in [0.25, 0.3) is 0 Å². The number of carbonyl (C=O) groups excluding carboxylic acids is 1. The lowest BCUT2D eigenvalue weighted by molar-refractivity contribution is -0.169. The Hall–Kier alpha value is -0.570. The molecule has 1 N–H and O–H groups in total. The van der Waals surface area contributed by atoms with Crippen molar-refractivity contribution in [2.24, 2.45) is 5.92 Å². The topological polar surface area (TPSA) is 46.5 Å². The van der Waals surface area contributed by atoms with Crippen LogP contribution in [0.5, 0.6) is 0 Å². The van der Waals surface area contributed by atoms with E-state index in [1.165, 1.54) is 6.92 Å². The van der Waals surface area contributed by atoms with Gasteiger partial charge in [0.1, 0.15) is 6.10 Å². The Kier molecular flexibility index (Phi) is 3.01. The molecule has 2 aliphatic rings. The second-order valence-corrected chi connectivity index (χ2v) is 5.00. The van der Waals surface area contributed by atoms with E-state index in [1.54, 1.807) is 0 Å². The molecule has 0 aliphatic heterocycles. The van der Waals surface area contributed by atoms with Gasteiger partial charge in [-0.1, -0.05) is 12.8 Å². The van der Waals surface area contributed by atoms with Gasteiger partial charge >= 0.3 is 5.97 Å². The van der Waals surface area contributed by atoms with E-state index in [4.69, 9.17) is 4.74 Å². The van der Waals surface area contributed by atoms with Crippen LogP contribution in [-0.4, -0.2) is 22.8 Å². The molecule has 0 saturated heterocycles. The molecule has 0 aromatic heterocycles. The van der Waals surface area contributed by atoms with Crippen LogP contribution in [0, 0.1) is 5.92 Å². The Morgan fingerprint density at radius 3 is 2.73 bits per heavy atom. The van der Waals surface area contributed by atoms with Crippen molar-refractivity contribution < 1.29 is 14.6 Å². The van der Waals surface area contributed by atoms with Crippen molar-refractivity contribution in [2.75, 3.05) is 0 Å². The minimum atomic E-state index is -0.545. The average Bonchev–Trinajstić information content (AvgIpc) is 2.16. The van der Waals surface area contributed by atoms with E-state index in [2.05, 4.69) is 0 Å². The summed E-state index contributed by atoms with van der Waals surface area (Å²) < 4.78 is 5.33. The molecule has 2 aliphatic carbocycles. The van der Waals surface area contributed by atoms with Crippen molar-refractivity contribution >= 4 is 5.97 Å². The van der Waals surface area contributed by atoms with Crippen molar-refractivity contribution in [1.29, 1.82) is 0 Å². The maximum atomic E-state index is 11.0. The summed E-state index contributed by atoms with van der Waals surface area (Å²) in [6.45, 7) is 1.45. The average molecular weight is 212 g/mol. The highest BCUT2D eigenvalue weighted by Gasteiger charge is 2.46. The lowest BCUT2D eigenvalue weighted by atomic mass is 9.66. The monoisotopic (exact) mass is 212 g/mol. The molecule has 0 spiro atoms. The highest BCUT2D eigenvalue weighted by Crippen LogP contribution is 2.44. The summed E-state index contributed by atoms with van der Waals surface area (Å²) in [7, 11) is 0. The zero-order valence-electron chi connectivity index (χ0n) is 9.37. The zero-order valence-corrected chi connectivity index (χ0v) is 9.37. The largest absolute Gasteiger partial charge is 0.462 e. The highest BCUT2D eigenvalue weighted by molar-refractivity contribution is 5.66. The summed E-state index contributed by atoms with van der Waals surface area (Å²) in [5.74, 6) is -0.0290. The molecule has 0 aromatic carbocycles. The molecule has 86 valence electrons. The van der Waals surface area contributed by atoms with Crippen molar-refractivity contribution in [1.82, 2.24) is 0 Å². The lowest BCUT2D eigenvalue weighted by Gasteiger charge is -2.47. The van der Waals surface area contributed by atoms with Crippen molar-refractivity contribution in [3.63, 3.8) is 0 Å². The first-order valence-electron chi connectivity index (χ1n) is 6.01. The van der Waals surface area contributed by atoms with Gasteiger partial charge in [-0.25, -0.2) is 0 Å². The Morgan fingerprint density at radius 2 is 2.00 bits per heavy atom. The van der Waals surface area contributed by atoms with Crippen LogP contribution in [0.1, 0.15) is 51.9 Å². The fourth-order valence-corrected chi connectivity index (χ4v) is 3.26. The van der Waals surface area contributed by atoms with Gasteiger partial charge in [0.05, 0.1) is 5.60 Å². The van der Waals surface area contributed by atoms with Gasteiger partial charge in [0.2, 0.25) is 0 Å². The van der Waals surface area contributed by atoms with Crippen LogP contribution in [0.3, 0.4) is 0 Å². The van der Waals surface area contributed by atoms with Gasteiger partial charge < -0.3 is 9.84 Å². The van der Waals surface area contributed by atoms with E-state index in [1.807, 2.05) is 0 Å². The first-order valence-corrected chi connectivity index (χ1v) is 6.01. The predicted molar refractivity (Wildman–Crippen MR) is 56.3 cm³/mol. The number of aliphatic hydroxyl groups is 1. The van der Waals surface area contributed by atoms with Gasteiger partial charge in [0, 0.05) is 12.8 Å². The third-order valence-electron chi connectivity index (χ3n) is 3.93. The quantitative estimate of drug-likeness (QED) is 0.676. The SMILES string of the molecule is CC(=O)O[C@@H]1CCC[C@@]2(O)CCCC[C@@H]12. The van der Waals surface area contributed by atoms with E-state index in [9.17, 15) is 9.90 Å². The third-order valence-corrected chi connectivity index (χ3v) is 3.93. The van der Waals surface area contributed by atoms with Gasteiger partial charge in [-0.3, -0.25) is 4.79 Å². The summed E-state index contributed by atoms with van der Waals surface area (Å²) >= 11 is 0. The van der Waals surface area contributed by atoms with Crippen LogP contribution in [0.2, 0.25) is 0 Å². The Morgan fingerprint density at radius 1 is 1.27 bits per heavy atom. The van der Waals surface area contributed by atoms with Gasteiger partial charge in [-0.15, -0.1) is 0 Å². The van der Waals surface area contributed by atoms with Crippen LogP contribution in [0.15, 0.2) is 0 Å². The Bertz CT molecular complexity index is 247. The number of hydrogen-bond acceptors (Lipinski definition) is 3. The molecule has 0 bridgehead atoms. The molecule has 0 amide bonds. The Labute approximate surface area is 90.8 Å².